The number of hydrogen-bond donors (Lipinski definition) is 1. The molecule has 1 aromatic heterocycles. The molecule has 0 fully saturated rings. The van der Waals surface area contributed by atoms with E-state index in [1.54, 1.807) is 23.0 Å². The van der Waals surface area contributed by atoms with Crippen molar-refractivity contribution in [2.45, 2.75) is 0 Å². The van der Waals surface area contributed by atoms with Gasteiger partial charge in [-0.15, -0.1) is 5.10 Å². The van der Waals surface area contributed by atoms with E-state index in [0.717, 1.165) is 10.2 Å². The van der Waals surface area contributed by atoms with Crippen LogP contribution in [0.3, 0.4) is 0 Å². The average Bonchev–Trinajstić information content (AvgIpc) is 2.51. The molecule has 72 valence electrons. The van der Waals surface area contributed by atoms with Gasteiger partial charge in [0.15, 0.2) is 5.82 Å². The van der Waals surface area contributed by atoms with Crippen LogP contribution in [0.15, 0.2) is 28.9 Å². The number of nitrogen functional groups attached to an aromatic ring is 1. The van der Waals surface area contributed by atoms with E-state index < -0.39 is 0 Å². The molecule has 0 spiro atoms. The van der Waals surface area contributed by atoms with Crippen molar-refractivity contribution in [2.75, 3.05) is 5.73 Å². The lowest BCUT2D eigenvalue weighted by atomic mass is 10.3. The Balaban J connectivity index is 2.52. The summed E-state index contributed by atoms with van der Waals surface area (Å²) >= 11 is 9.19. The average molecular weight is 274 g/mol. The van der Waals surface area contributed by atoms with E-state index in [0.29, 0.717) is 10.8 Å². The van der Waals surface area contributed by atoms with Gasteiger partial charge in [0.2, 0.25) is 0 Å². The minimum atomic E-state index is 0.381. The van der Waals surface area contributed by atoms with Crippen molar-refractivity contribution in [3.05, 3.63) is 33.9 Å². The molecule has 0 aliphatic carbocycles. The highest BCUT2D eigenvalue weighted by molar-refractivity contribution is 9.10. The van der Waals surface area contributed by atoms with Gasteiger partial charge in [-0.2, -0.15) is 0 Å². The molecule has 2 aromatic rings. The van der Waals surface area contributed by atoms with Gasteiger partial charge in [0.05, 0.1) is 11.9 Å². The summed E-state index contributed by atoms with van der Waals surface area (Å²) in [6.45, 7) is 0. The Morgan fingerprint density at radius 3 is 2.79 bits per heavy atom. The van der Waals surface area contributed by atoms with Crippen LogP contribution in [0.1, 0.15) is 0 Å². The smallest absolute Gasteiger partial charge is 0.166 e. The van der Waals surface area contributed by atoms with Gasteiger partial charge in [0.1, 0.15) is 0 Å². The van der Waals surface area contributed by atoms with E-state index in [2.05, 4.69) is 26.2 Å². The molecule has 0 amide bonds. The Bertz CT molecular complexity index is 468. The molecule has 4 nitrogen and oxygen atoms in total. The molecule has 6 heteroatoms. The van der Waals surface area contributed by atoms with Gasteiger partial charge in [-0.25, -0.2) is 4.68 Å². The fourth-order valence-corrected chi connectivity index (χ4v) is 1.93. The van der Waals surface area contributed by atoms with E-state index in [9.17, 15) is 0 Å². The number of halogens is 2. The van der Waals surface area contributed by atoms with Crippen LogP contribution in [0, 0.1) is 0 Å². The van der Waals surface area contributed by atoms with E-state index in [1.807, 2.05) is 6.07 Å². The van der Waals surface area contributed by atoms with Gasteiger partial charge in [0.25, 0.3) is 0 Å². The number of rotatable bonds is 1. The van der Waals surface area contributed by atoms with Gasteiger partial charge in [0, 0.05) is 9.50 Å². The lowest BCUT2D eigenvalue weighted by Gasteiger charge is -2.02. The van der Waals surface area contributed by atoms with Crippen LogP contribution in [0.5, 0.6) is 0 Å². The monoisotopic (exact) mass is 272 g/mol. The predicted molar refractivity (Wildman–Crippen MR) is 58.5 cm³/mol. The Morgan fingerprint density at radius 2 is 2.21 bits per heavy atom. The third-order valence-corrected chi connectivity index (χ3v) is 2.54. The van der Waals surface area contributed by atoms with Gasteiger partial charge in [-0.1, -0.05) is 16.8 Å². The normalized spacial score (nSPS) is 10.4. The van der Waals surface area contributed by atoms with Crippen LogP contribution in [0.25, 0.3) is 5.69 Å². The molecule has 0 saturated heterocycles. The molecule has 0 aliphatic rings. The summed E-state index contributed by atoms with van der Waals surface area (Å²) in [4.78, 5) is 0. The lowest BCUT2D eigenvalue weighted by molar-refractivity contribution is 0.801. The summed E-state index contributed by atoms with van der Waals surface area (Å²) in [6.07, 6.45) is 1.63. The van der Waals surface area contributed by atoms with Crippen molar-refractivity contribution in [3.8, 4) is 5.69 Å². The first-order valence-electron chi connectivity index (χ1n) is 3.80. The molecule has 0 bridgehead atoms. The highest BCUT2D eigenvalue weighted by Gasteiger charge is 2.04. The summed E-state index contributed by atoms with van der Waals surface area (Å²) in [7, 11) is 0. The van der Waals surface area contributed by atoms with E-state index in [-0.39, 0.29) is 0 Å². The predicted octanol–water partition coefficient (Wildman–Crippen LogP) is 2.27. The number of nitrogens with two attached hydrogens (primary N) is 1. The molecule has 0 aliphatic heterocycles. The zero-order valence-corrected chi connectivity index (χ0v) is 9.33. The minimum Gasteiger partial charge on any atom is -0.381 e. The quantitative estimate of drug-likeness (QED) is 0.867. The molecule has 0 atom stereocenters. The van der Waals surface area contributed by atoms with Gasteiger partial charge < -0.3 is 5.73 Å². The molecular weight excluding hydrogens is 267 g/mol. The first-order chi connectivity index (χ1) is 6.66. The van der Waals surface area contributed by atoms with Gasteiger partial charge >= 0.3 is 0 Å². The van der Waals surface area contributed by atoms with Gasteiger partial charge in [-0.05, 0) is 34.1 Å². The van der Waals surface area contributed by atoms with Crippen LogP contribution in [-0.2, 0) is 0 Å². The number of anilines is 1. The molecule has 1 heterocycles. The molecular formula is C8H6BrClN4. The van der Waals surface area contributed by atoms with Crippen LogP contribution >= 0.6 is 27.5 Å². The topological polar surface area (TPSA) is 56.7 Å². The molecule has 0 radical (unpaired) electrons. The van der Waals surface area contributed by atoms with Gasteiger partial charge in [-0.3, -0.25) is 0 Å². The van der Waals surface area contributed by atoms with Crippen molar-refractivity contribution in [2.24, 2.45) is 0 Å². The molecule has 2 rings (SSSR count). The second kappa shape index (κ2) is 3.59. The van der Waals surface area contributed by atoms with Crippen molar-refractivity contribution in [1.29, 1.82) is 0 Å². The molecule has 0 unspecified atom stereocenters. The summed E-state index contributed by atoms with van der Waals surface area (Å²) in [5.74, 6) is 0.381. The Labute approximate surface area is 93.8 Å². The van der Waals surface area contributed by atoms with Crippen molar-refractivity contribution >= 4 is 33.3 Å². The van der Waals surface area contributed by atoms with E-state index in [1.165, 1.54) is 0 Å². The van der Waals surface area contributed by atoms with Crippen LogP contribution in [0.4, 0.5) is 5.82 Å². The first-order valence-corrected chi connectivity index (χ1v) is 4.97. The van der Waals surface area contributed by atoms with E-state index in [4.69, 9.17) is 17.3 Å². The molecule has 14 heavy (non-hydrogen) atoms. The lowest BCUT2D eigenvalue weighted by Crippen LogP contribution is -1.95. The molecule has 0 saturated carbocycles. The second-order valence-corrected chi connectivity index (χ2v) is 3.97. The fraction of sp³-hybridized carbons (Fsp3) is 0. The zero-order chi connectivity index (χ0) is 10.1. The highest BCUT2D eigenvalue weighted by Crippen LogP contribution is 2.24. The van der Waals surface area contributed by atoms with Crippen LogP contribution in [0.2, 0.25) is 5.02 Å². The van der Waals surface area contributed by atoms with Crippen molar-refractivity contribution < 1.29 is 0 Å². The van der Waals surface area contributed by atoms with E-state index >= 15 is 0 Å². The maximum absolute atomic E-state index is 5.81. The summed E-state index contributed by atoms with van der Waals surface area (Å²) in [5.41, 5.74) is 6.31. The standard InChI is InChI=1S/C8H6BrClN4/c9-6-3-5(10)1-2-7(6)14-4-8(11)12-13-14/h1-4H,11H2. The zero-order valence-electron chi connectivity index (χ0n) is 6.98. The van der Waals surface area contributed by atoms with Crippen LogP contribution in [-0.4, -0.2) is 15.0 Å². The maximum atomic E-state index is 5.81. The largest absolute Gasteiger partial charge is 0.381 e. The Hall–Kier alpha value is -1.07. The maximum Gasteiger partial charge on any atom is 0.166 e. The Morgan fingerprint density at radius 1 is 1.43 bits per heavy atom. The SMILES string of the molecule is Nc1cn(-c2ccc(Cl)cc2Br)nn1. The van der Waals surface area contributed by atoms with Crippen molar-refractivity contribution in [3.63, 3.8) is 0 Å². The number of nitrogens with zero attached hydrogens (tertiary/aromatic N) is 3. The van der Waals surface area contributed by atoms with Crippen LogP contribution < -0.4 is 5.73 Å². The summed E-state index contributed by atoms with van der Waals surface area (Å²) < 4.78 is 2.42. The number of benzene rings is 1. The minimum absolute atomic E-state index is 0.381. The summed E-state index contributed by atoms with van der Waals surface area (Å²) in [6, 6.07) is 5.40. The van der Waals surface area contributed by atoms with Crippen molar-refractivity contribution in [1.82, 2.24) is 15.0 Å². The summed E-state index contributed by atoms with van der Waals surface area (Å²) in [5, 5.41) is 8.20. The molecule has 1 aromatic carbocycles. The number of hydrogen-bond acceptors (Lipinski definition) is 3. The third kappa shape index (κ3) is 1.73. The molecule has 2 N–H and O–H groups in total. The highest BCUT2D eigenvalue weighted by atomic mass is 79.9. The number of aromatic nitrogens is 3. The first kappa shape index (κ1) is 9.48. The second-order valence-electron chi connectivity index (χ2n) is 2.68. The Kier molecular flexibility index (Phi) is 2.43. The fourth-order valence-electron chi connectivity index (χ4n) is 1.06. The third-order valence-electron chi connectivity index (χ3n) is 1.67.